The number of nitrogens with zero attached hydrogens (tertiary/aromatic N) is 2. The minimum Gasteiger partial charge on any atom is -0.744 e. The zero-order valence-corrected chi connectivity index (χ0v) is 22.6. The third-order valence-corrected chi connectivity index (χ3v) is 7.86. The zero-order chi connectivity index (χ0) is 27.1. The number of aliphatic hydroxyl groups excluding tert-OH is 1. The number of aryl methyl sites for hydroxylation is 2. The van der Waals surface area contributed by atoms with Crippen molar-refractivity contribution in [3.05, 3.63) is 102 Å². The van der Waals surface area contributed by atoms with E-state index >= 15 is 0 Å². The van der Waals surface area contributed by atoms with E-state index in [4.69, 9.17) is 0 Å². The molecular weight excluding hydrogens is 496 g/mol. The predicted molar refractivity (Wildman–Crippen MR) is 152 cm³/mol. The Labute approximate surface area is 225 Å². The summed E-state index contributed by atoms with van der Waals surface area (Å²) in [6.45, 7) is 4.21. The molecule has 0 amide bonds. The molecule has 0 spiro atoms. The van der Waals surface area contributed by atoms with Gasteiger partial charge in [0.25, 0.3) is 0 Å². The van der Waals surface area contributed by atoms with Gasteiger partial charge in [-0.2, -0.15) is 4.57 Å². The monoisotopic (exact) mass is 530 g/mol. The Hall–Kier alpha value is -3.52. The van der Waals surface area contributed by atoms with Crippen molar-refractivity contribution in [2.45, 2.75) is 24.7 Å². The SMILES string of the molecule is C[n+]1c(/C=C/c2ccc(N3CCC(CO)CC3)cc2)ccc2ccccc21.Cc1ccc(S(=O)(=O)[O-])cc1. The number of aliphatic hydroxyl groups is 1. The highest BCUT2D eigenvalue weighted by molar-refractivity contribution is 7.85. The van der Waals surface area contributed by atoms with Gasteiger partial charge in [0, 0.05) is 49.0 Å². The molecule has 1 aromatic heterocycles. The summed E-state index contributed by atoms with van der Waals surface area (Å²) in [6.07, 6.45) is 6.51. The van der Waals surface area contributed by atoms with Gasteiger partial charge >= 0.3 is 0 Å². The van der Waals surface area contributed by atoms with Crippen molar-refractivity contribution in [1.82, 2.24) is 0 Å². The molecular formula is C31H34N2O4S. The van der Waals surface area contributed by atoms with Crippen molar-refractivity contribution in [2.75, 3.05) is 24.6 Å². The Morgan fingerprint density at radius 2 is 1.58 bits per heavy atom. The predicted octanol–water partition coefficient (Wildman–Crippen LogP) is 4.94. The minimum atomic E-state index is -4.27. The highest BCUT2D eigenvalue weighted by Gasteiger charge is 2.18. The van der Waals surface area contributed by atoms with Crippen molar-refractivity contribution in [1.29, 1.82) is 0 Å². The first-order chi connectivity index (χ1) is 18.2. The number of hydrogen-bond donors (Lipinski definition) is 1. The van der Waals surface area contributed by atoms with Gasteiger partial charge in [-0.1, -0.05) is 42.0 Å². The van der Waals surface area contributed by atoms with E-state index in [9.17, 15) is 18.1 Å². The van der Waals surface area contributed by atoms with Crippen LogP contribution in [0.2, 0.25) is 0 Å². The summed E-state index contributed by atoms with van der Waals surface area (Å²) in [4.78, 5) is 2.24. The van der Waals surface area contributed by atoms with Gasteiger partial charge in [-0.25, -0.2) is 8.42 Å². The van der Waals surface area contributed by atoms with E-state index in [1.165, 1.54) is 40.0 Å². The van der Waals surface area contributed by atoms with E-state index in [2.05, 4.69) is 89.3 Å². The molecule has 198 valence electrons. The smallest absolute Gasteiger partial charge is 0.212 e. The molecule has 3 aromatic carbocycles. The molecule has 1 N–H and O–H groups in total. The van der Waals surface area contributed by atoms with Crippen molar-refractivity contribution >= 4 is 38.9 Å². The molecule has 2 heterocycles. The van der Waals surface area contributed by atoms with Gasteiger partial charge in [0.2, 0.25) is 11.2 Å². The highest BCUT2D eigenvalue weighted by atomic mass is 32.2. The van der Waals surface area contributed by atoms with E-state index in [1.54, 1.807) is 12.1 Å². The first kappa shape index (κ1) is 27.5. The number of fused-ring (bicyclic) bond motifs is 1. The molecule has 7 heteroatoms. The van der Waals surface area contributed by atoms with Crippen LogP contribution in [0.1, 0.15) is 29.7 Å². The summed E-state index contributed by atoms with van der Waals surface area (Å²) in [7, 11) is -2.16. The van der Waals surface area contributed by atoms with Crippen molar-refractivity contribution in [3.63, 3.8) is 0 Å². The first-order valence-corrected chi connectivity index (χ1v) is 14.2. The van der Waals surface area contributed by atoms with Gasteiger partial charge in [0.1, 0.15) is 17.2 Å². The fourth-order valence-electron chi connectivity index (χ4n) is 4.58. The van der Waals surface area contributed by atoms with Crippen LogP contribution in [0.5, 0.6) is 0 Å². The third-order valence-electron chi connectivity index (χ3n) is 7.01. The van der Waals surface area contributed by atoms with Gasteiger partial charge in [0.15, 0.2) is 0 Å². The second kappa shape index (κ2) is 12.3. The number of anilines is 1. The molecule has 4 aromatic rings. The van der Waals surface area contributed by atoms with E-state index in [-0.39, 0.29) is 4.90 Å². The van der Waals surface area contributed by atoms with Crippen LogP contribution in [0.4, 0.5) is 5.69 Å². The first-order valence-electron chi connectivity index (χ1n) is 12.8. The summed E-state index contributed by atoms with van der Waals surface area (Å²) < 4.78 is 33.4. The molecule has 1 aliphatic rings. The standard InChI is InChI=1S/C24H27N2O.C7H8O3S/c1-25-22(13-9-21-4-2-3-5-24(21)25)10-6-19-7-11-23(12-8-19)26-16-14-20(18-27)15-17-26;1-6-2-4-7(5-3-6)11(8,9)10/h2-13,20,27H,14-18H2,1H3;2-5H,1H3,(H,8,9,10)/q+1;/p-1. The summed E-state index contributed by atoms with van der Waals surface area (Å²) in [5.74, 6) is 0.478. The topological polar surface area (TPSA) is 84.5 Å². The molecule has 0 saturated carbocycles. The van der Waals surface area contributed by atoms with E-state index in [0.717, 1.165) is 31.5 Å². The molecule has 5 rings (SSSR count). The Balaban J connectivity index is 0.000000257. The lowest BCUT2D eigenvalue weighted by Crippen LogP contribution is -2.34. The quantitative estimate of drug-likeness (QED) is 0.292. The minimum absolute atomic E-state index is 0.178. The summed E-state index contributed by atoms with van der Waals surface area (Å²) >= 11 is 0. The maximum Gasteiger partial charge on any atom is 0.212 e. The lowest BCUT2D eigenvalue weighted by atomic mass is 9.97. The number of rotatable bonds is 5. The number of piperidine rings is 1. The number of benzene rings is 3. The van der Waals surface area contributed by atoms with Crippen LogP contribution < -0.4 is 9.47 Å². The van der Waals surface area contributed by atoms with Gasteiger partial charge < -0.3 is 14.6 Å². The molecule has 0 radical (unpaired) electrons. The maximum absolute atomic E-state index is 10.4. The lowest BCUT2D eigenvalue weighted by Gasteiger charge is -2.32. The number of hydrogen-bond acceptors (Lipinski definition) is 5. The van der Waals surface area contributed by atoms with Crippen LogP contribution in [-0.2, 0) is 17.2 Å². The number of para-hydroxylation sites is 1. The van der Waals surface area contributed by atoms with E-state index in [1.807, 2.05) is 6.92 Å². The van der Waals surface area contributed by atoms with E-state index < -0.39 is 10.1 Å². The maximum atomic E-state index is 10.4. The highest BCUT2D eigenvalue weighted by Crippen LogP contribution is 2.24. The molecule has 0 aliphatic carbocycles. The summed E-state index contributed by atoms with van der Waals surface area (Å²) in [5, 5.41) is 10.5. The molecule has 1 fully saturated rings. The average molecular weight is 531 g/mol. The van der Waals surface area contributed by atoms with Crippen LogP contribution in [0, 0.1) is 12.8 Å². The van der Waals surface area contributed by atoms with Gasteiger partial charge in [-0.15, -0.1) is 0 Å². The van der Waals surface area contributed by atoms with Gasteiger partial charge in [-0.05, 0) is 73.7 Å². The second-order valence-electron chi connectivity index (χ2n) is 9.68. The van der Waals surface area contributed by atoms with Crippen LogP contribution in [0.15, 0.2) is 89.8 Å². The summed E-state index contributed by atoms with van der Waals surface area (Å²) in [6, 6.07) is 27.4. The van der Waals surface area contributed by atoms with Crippen LogP contribution in [0.3, 0.4) is 0 Å². The molecule has 0 bridgehead atoms. The fourth-order valence-corrected chi connectivity index (χ4v) is 5.05. The Bertz CT molecular complexity index is 1490. The molecule has 6 nitrogen and oxygen atoms in total. The van der Waals surface area contributed by atoms with Crippen LogP contribution >= 0.6 is 0 Å². The van der Waals surface area contributed by atoms with Crippen molar-refractivity contribution in [2.24, 2.45) is 13.0 Å². The normalized spacial score (nSPS) is 14.5. The largest absolute Gasteiger partial charge is 0.744 e. The van der Waals surface area contributed by atoms with Gasteiger partial charge in [0.05, 0.1) is 4.90 Å². The molecule has 0 unspecified atom stereocenters. The number of pyridine rings is 1. The molecule has 0 atom stereocenters. The van der Waals surface area contributed by atoms with Crippen molar-refractivity contribution in [3.8, 4) is 0 Å². The third kappa shape index (κ3) is 7.07. The fraction of sp³-hybridized carbons (Fsp3) is 0.258. The summed E-state index contributed by atoms with van der Waals surface area (Å²) in [5.41, 5.74) is 5.83. The number of aromatic nitrogens is 1. The zero-order valence-electron chi connectivity index (χ0n) is 21.8. The average Bonchev–Trinajstić information content (AvgIpc) is 2.93. The van der Waals surface area contributed by atoms with Crippen molar-refractivity contribution < 1.29 is 22.6 Å². The molecule has 38 heavy (non-hydrogen) atoms. The lowest BCUT2D eigenvalue weighted by molar-refractivity contribution is -0.646. The van der Waals surface area contributed by atoms with E-state index in [0.29, 0.717) is 12.5 Å². The Morgan fingerprint density at radius 3 is 2.21 bits per heavy atom. The second-order valence-corrected chi connectivity index (χ2v) is 11.1. The van der Waals surface area contributed by atoms with Crippen LogP contribution in [0.25, 0.3) is 23.1 Å². The van der Waals surface area contributed by atoms with Gasteiger partial charge in [-0.3, -0.25) is 0 Å². The Morgan fingerprint density at radius 1 is 0.921 bits per heavy atom. The Kier molecular flexibility index (Phi) is 8.94. The molecule has 1 saturated heterocycles. The molecule has 1 aliphatic heterocycles. The van der Waals surface area contributed by atoms with Crippen LogP contribution in [-0.4, -0.2) is 37.8 Å².